The zero-order valence-electron chi connectivity index (χ0n) is 8.35. The summed E-state index contributed by atoms with van der Waals surface area (Å²) in [5, 5.41) is 22.0. The fourth-order valence-electron chi connectivity index (χ4n) is 0.983. The van der Waals surface area contributed by atoms with E-state index < -0.39 is 11.6 Å². The van der Waals surface area contributed by atoms with Crippen molar-refractivity contribution in [3.8, 4) is 0 Å². The molecule has 0 fully saturated rings. The van der Waals surface area contributed by atoms with Crippen LogP contribution in [0, 0.1) is 0 Å². The minimum Gasteiger partial charge on any atom is -0.465 e. The molecule has 0 aliphatic carbocycles. The van der Waals surface area contributed by atoms with E-state index in [-0.39, 0.29) is 6.54 Å². The Morgan fingerprint density at radius 1 is 1.57 bits per heavy atom. The second-order valence-electron chi connectivity index (χ2n) is 3.87. The third kappa shape index (κ3) is 2.41. The van der Waals surface area contributed by atoms with Crippen LogP contribution in [0.15, 0.2) is 0 Å². The van der Waals surface area contributed by atoms with Crippen molar-refractivity contribution < 1.29 is 9.90 Å². The lowest BCUT2D eigenvalue weighted by Crippen LogP contribution is -2.44. The Hall–Kier alpha value is -1.66. The average Bonchev–Trinajstić information content (AvgIpc) is 2.48. The Labute approximate surface area is 81.1 Å². The third-order valence-electron chi connectivity index (χ3n) is 1.73. The van der Waals surface area contributed by atoms with Crippen LogP contribution in [0.1, 0.15) is 26.6 Å². The molecule has 14 heavy (non-hydrogen) atoms. The number of rotatable bonds is 2. The van der Waals surface area contributed by atoms with E-state index >= 15 is 0 Å². The van der Waals surface area contributed by atoms with Crippen LogP contribution in [0.4, 0.5) is 4.79 Å². The molecular formula is C7H13N5O2. The Bertz CT molecular complexity index is 302. The lowest BCUT2D eigenvalue weighted by molar-refractivity contribution is 0.0938. The first-order valence-corrected chi connectivity index (χ1v) is 4.14. The van der Waals surface area contributed by atoms with E-state index in [0.29, 0.717) is 5.82 Å². The van der Waals surface area contributed by atoms with Gasteiger partial charge in [-0.25, -0.2) is 4.79 Å². The molecule has 1 rings (SSSR count). The van der Waals surface area contributed by atoms with Crippen LogP contribution in [0.25, 0.3) is 0 Å². The average molecular weight is 199 g/mol. The summed E-state index contributed by atoms with van der Waals surface area (Å²) in [6.07, 6.45) is -0.998. The smallest absolute Gasteiger partial charge is 0.408 e. The molecule has 0 aliphatic heterocycles. The number of carbonyl (C=O) groups is 1. The van der Waals surface area contributed by atoms with E-state index in [1.165, 1.54) is 4.90 Å². The van der Waals surface area contributed by atoms with Gasteiger partial charge in [0, 0.05) is 5.54 Å². The minimum absolute atomic E-state index is 0.134. The minimum atomic E-state index is -0.998. The maximum atomic E-state index is 10.9. The number of hydrogen-bond donors (Lipinski definition) is 2. The van der Waals surface area contributed by atoms with Crippen LogP contribution in [-0.2, 0) is 6.54 Å². The highest BCUT2D eigenvalue weighted by Crippen LogP contribution is 2.15. The number of nitrogens with zero attached hydrogens (tertiary/aromatic N) is 4. The van der Waals surface area contributed by atoms with Crippen LogP contribution in [0.2, 0.25) is 0 Å². The fourth-order valence-corrected chi connectivity index (χ4v) is 0.983. The van der Waals surface area contributed by atoms with Gasteiger partial charge >= 0.3 is 6.09 Å². The van der Waals surface area contributed by atoms with Gasteiger partial charge in [-0.15, -0.1) is 10.2 Å². The zero-order chi connectivity index (χ0) is 10.8. The van der Waals surface area contributed by atoms with Crippen LogP contribution >= 0.6 is 0 Å². The van der Waals surface area contributed by atoms with Gasteiger partial charge in [0.1, 0.15) is 0 Å². The van der Waals surface area contributed by atoms with E-state index in [1.54, 1.807) is 20.8 Å². The topological polar surface area (TPSA) is 95.0 Å². The summed E-state index contributed by atoms with van der Waals surface area (Å²) in [5.41, 5.74) is -0.480. The molecule has 2 N–H and O–H groups in total. The molecule has 1 aromatic heterocycles. The highest BCUT2D eigenvalue weighted by molar-refractivity contribution is 5.65. The van der Waals surface area contributed by atoms with Crippen molar-refractivity contribution in [1.29, 1.82) is 0 Å². The van der Waals surface area contributed by atoms with Gasteiger partial charge in [0.15, 0.2) is 5.82 Å². The van der Waals surface area contributed by atoms with Crippen molar-refractivity contribution in [2.75, 3.05) is 0 Å². The highest BCUT2D eigenvalue weighted by Gasteiger charge is 2.27. The van der Waals surface area contributed by atoms with Crippen LogP contribution in [0.5, 0.6) is 0 Å². The van der Waals surface area contributed by atoms with Crippen molar-refractivity contribution >= 4 is 6.09 Å². The Kier molecular flexibility index (Phi) is 2.68. The zero-order valence-corrected chi connectivity index (χ0v) is 8.35. The summed E-state index contributed by atoms with van der Waals surface area (Å²) in [5.74, 6) is 0.363. The molecule has 78 valence electrons. The molecular weight excluding hydrogens is 186 g/mol. The molecule has 7 heteroatoms. The van der Waals surface area contributed by atoms with Crippen molar-refractivity contribution in [1.82, 2.24) is 25.5 Å². The summed E-state index contributed by atoms with van der Waals surface area (Å²) in [6.45, 7) is 5.55. The lowest BCUT2D eigenvalue weighted by atomic mass is 10.1. The van der Waals surface area contributed by atoms with Gasteiger partial charge in [-0.3, -0.25) is 4.90 Å². The molecule has 7 nitrogen and oxygen atoms in total. The summed E-state index contributed by atoms with van der Waals surface area (Å²) >= 11 is 0. The number of carboxylic acid groups (broad SMARTS) is 1. The van der Waals surface area contributed by atoms with Gasteiger partial charge in [-0.2, -0.15) is 5.21 Å². The number of amides is 1. The lowest BCUT2D eigenvalue weighted by Gasteiger charge is -2.31. The predicted octanol–water partition coefficient (Wildman–Crippen LogP) is 0.478. The first kappa shape index (κ1) is 10.4. The maximum absolute atomic E-state index is 10.9. The molecule has 0 atom stereocenters. The molecule has 0 radical (unpaired) electrons. The van der Waals surface area contributed by atoms with Crippen molar-refractivity contribution in [3.05, 3.63) is 5.82 Å². The third-order valence-corrected chi connectivity index (χ3v) is 1.73. The number of H-pyrrole nitrogens is 1. The van der Waals surface area contributed by atoms with Gasteiger partial charge < -0.3 is 5.11 Å². The van der Waals surface area contributed by atoms with E-state index in [2.05, 4.69) is 20.6 Å². The van der Waals surface area contributed by atoms with Crippen LogP contribution in [-0.4, -0.2) is 42.3 Å². The summed E-state index contributed by atoms with van der Waals surface area (Å²) < 4.78 is 0. The molecule has 0 spiro atoms. The second kappa shape index (κ2) is 3.60. The van der Waals surface area contributed by atoms with Crippen molar-refractivity contribution in [2.24, 2.45) is 0 Å². The largest absolute Gasteiger partial charge is 0.465 e. The summed E-state index contributed by atoms with van der Waals surface area (Å²) in [7, 11) is 0. The summed E-state index contributed by atoms with van der Waals surface area (Å²) in [6, 6.07) is 0. The first-order valence-electron chi connectivity index (χ1n) is 4.14. The molecule has 0 bridgehead atoms. The maximum Gasteiger partial charge on any atom is 0.408 e. The fraction of sp³-hybridized carbons (Fsp3) is 0.714. The normalized spacial score (nSPS) is 11.4. The SMILES string of the molecule is CC(C)(C)N(Cc1nn[nH]n1)C(=O)O. The van der Waals surface area contributed by atoms with Crippen LogP contribution in [0.3, 0.4) is 0 Å². The highest BCUT2D eigenvalue weighted by atomic mass is 16.4. The van der Waals surface area contributed by atoms with E-state index in [0.717, 1.165) is 0 Å². The summed E-state index contributed by atoms with van der Waals surface area (Å²) in [4.78, 5) is 12.2. The molecule has 1 heterocycles. The van der Waals surface area contributed by atoms with Crippen molar-refractivity contribution in [2.45, 2.75) is 32.9 Å². The van der Waals surface area contributed by atoms with Gasteiger partial charge in [0.25, 0.3) is 0 Å². The van der Waals surface area contributed by atoms with Gasteiger partial charge in [0.2, 0.25) is 0 Å². The van der Waals surface area contributed by atoms with Gasteiger partial charge in [0.05, 0.1) is 6.54 Å². The predicted molar refractivity (Wildman–Crippen MR) is 47.5 cm³/mol. The van der Waals surface area contributed by atoms with E-state index in [9.17, 15) is 4.79 Å². The first-order chi connectivity index (χ1) is 6.41. The molecule has 0 aliphatic rings. The number of tetrazole rings is 1. The van der Waals surface area contributed by atoms with Crippen LogP contribution < -0.4 is 0 Å². The Morgan fingerprint density at radius 2 is 2.21 bits per heavy atom. The standard InChI is InChI=1S/C7H13N5O2/c1-7(2,3)12(6(13)14)4-5-8-10-11-9-5/h4H2,1-3H3,(H,13,14)(H,8,9,10,11). The van der Waals surface area contributed by atoms with E-state index in [4.69, 9.17) is 5.11 Å². The monoisotopic (exact) mass is 199 g/mol. The number of aromatic amines is 1. The molecule has 0 saturated heterocycles. The Morgan fingerprint density at radius 3 is 2.57 bits per heavy atom. The quantitative estimate of drug-likeness (QED) is 0.722. The van der Waals surface area contributed by atoms with Gasteiger partial charge in [-0.1, -0.05) is 5.21 Å². The molecule has 1 amide bonds. The second-order valence-corrected chi connectivity index (χ2v) is 3.87. The Balaban J connectivity index is 2.76. The molecule has 0 saturated carbocycles. The molecule has 0 unspecified atom stereocenters. The number of nitrogens with one attached hydrogen (secondary N) is 1. The van der Waals surface area contributed by atoms with E-state index in [1.807, 2.05) is 0 Å². The van der Waals surface area contributed by atoms with Gasteiger partial charge in [-0.05, 0) is 20.8 Å². The number of hydrogen-bond acceptors (Lipinski definition) is 4. The molecule has 1 aromatic rings. The molecule has 0 aromatic carbocycles. The van der Waals surface area contributed by atoms with Crippen molar-refractivity contribution in [3.63, 3.8) is 0 Å². The number of aromatic nitrogens is 4.